The Bertz CT molecular complexity index is 621. The van der Waals surface area contributed by atoms with Gasteiger partial charge in [0.2, 0.25) is 5.95 Å². The summed E-state index contributed by atoms with van der Waals surface area (Å²) in [5.74, 6) is 0.885. The van der Waals surface area contributed by atoms with Crippen molar-refractivity contribution in [2.24, 2.45) is 0 Å². The third-order valence-electron chi connectivity index (χ3n) is 4.58. The Hall–Kier alpha value is -1.94. The number of anilines is 1. The molecule has 0 bridgehead atoms. The first-order valence-electron chi connectivity index (χ1n) is 8.47. The summed E-state index contributed by atoms with van der Waals surface area (Å²) in [7, 11) is 0. The monoisotopic (exact) mass is 310 g/mol. The Morgan fingerprint density at radius 2 is 1.70 bits per heavy atom. The fourth-order valence-electron chi connectivity index (χ4n) is 3.21. The maximum absolute atomic E-state index is 4.63. The van der Waals surface area contributed by atoms with E-state index in [2.05, 4.69) is 57.0 Å². The average molecular weight is 310 g/mol. The molecule has 0 saturated carbocycles. The molecule has 23 heavy (non-hydrogen) atoms. The summed E-state index contributed by atoms with van der Waals surface area (Å²) in [6, 6.07) is 13.3. The lowest BCUT2D eigenvalue weighted by atomic mass is 10.1. The lowest BCUT2D eigenvalue weighted by molar-refractivity contribution is 0.212. The van der Waals surface area contributed by atoms with Gasteiger partial charge in [-0.3, -0.25) is 4.90 Å². The van der Waals surface area contributed by atoms with Gasteiger partial charge in [0.15, 0.2) is 0 Å². The van der Waals surface area contributed by atoms with Crippen LogP contribution in [0.3, 0.4) is 0 Å². The SMILES string of the molecule is Cc1cc(C)nc(N2CCC(C)N(Cc3ccccc3)CC2)n1. The van der Waals surface area contributed by atoms with Gasteiger partial charge in [0, 0.05) is 43.6 Å². The van der Waals surface area contributed by atoms with Crippen LogP contribution in [-0.2, 0) is 6.54 Å². The molecule has 1 atom stereocenters. The standard InChI is InChI=1S/C19H26N4/c1-15-13-16(2)21-19(20-15)22-10-9-17(3)23(12-11-22)14-18-7-5-4-6-8-18/h4-8,13,17H,9-12,14H2,1-3H3. The van der Waals surface area contributed by atoms with Crippen LogP contribution in [0.25, 0.3) is 0 Å². The van der Waals surface area contributed by atoms with Crippen molar-refractivity contribution < 1.29 is 0 Å². The molecule has 2 aromatic rings. The summed E-state index contributed by atoms with van der Waals surface area (Å²) < 4.78 is 0. The highest BCUT2D eigenvalue weighted by atomic mass is 15.3. The highest BCUT2D eigenvalue weighted by Crippen LogP contribution is 2.18. The minimum absolute atomic E-state index is 0.575. The van der Waals surface area contributed by atoms with Gasteiger partial charge in [0.05, 0.1) is 0 Å². The van der Waals surface area contributed by atoms with E-state index in [1.165, 1.54) is 5.56 Å². The zero-order chi connectivity index (χ0) is 16.2. The predicted octanol–water partition coefficient (Wildman–Crippen LogP) is 3.19. The van der Waals surface area contributed by atoms with Gasteiger partial charge in [-0.2, -0.15) is 0 Å². The van der Waals surface area contributed by atoms with Gasteiger partial charge >= 0.3 is 0 Å². The van der Waals surface area contributed by atoms with Crippen LogP contribution in [-0.4, -0.2) is 40.5 Å². The number of hydrogen-bond acceptors (Lipinski definition) is 4. The number of aryl methyl sites for hydroxylation is 2. The molecule has 1 aliphatic heterocycles. The topological polar surface area (TPSA) is 32.3 Å². The molecule has 1 fully saturated rings. The molecular formula is C19H26N4. The summed E-state index contributed by atoms with van der Waals surface area (Å²) in [6.07, 6.45) is 1.14. The number of rotatable bonds is 3. The van der Waals surface area contributed by atoms with Crippen LogP contribution >= 0.6 is 0 Å². The second-order valence-electron chi connectivity index (χ2n) is 6.53. The minimum Gasteiger partial charge on any atom is -0.339 e. The van der Waals surface area contributed by atoms with Gasteiger partial charge in [-0.25, -0.2) is 9.97 Å². The van der Waals surface area contributed by atoms with Gasteiger partial charge in [0.25, 0.3) is 0 Å². The third-order valence-corrected chi connectivity index (χ3v) is 4.58. The summed E-state index contributed by atoms with van der Waals surface area (Å²) in [5, 5.41) is 0. The number of aromatic nitrogens is 2. The molecule has 2 heterocycles. The van der Waals surface area contributed by atoms with Crippen molar-refractivity contribution in [2.75, 3.05) is 24.5 Å². The number of benzene rings is 1. The Kier molecular flexibility index (Phi) is 4.91. The molecule has 0 spiro atoms. The van der Waals surface area contributed by atoms with Crippen molar-refractivity contribution in [3.63, 3.8) is 0 Å². The number of hydrogen-bond donors (Lipinski definition) is 0. The molecule has 3 rings (SSSR count). The highest BCUT2D eigenvalue weighted by Gasteiger charge is 2.22. The molecule has 4 heteroatoms. The molecule has 0 N–H and O–H groups in total. The minimum atomic E-state index is 0.575. The van der Waals surface area contributed by atoms with Crippen molar-refractivity contribution in [3.8, 4) is 0 Å². The first-order chi connectivity index (χ1) is 11.1. The maximum Gasteiger partial charge on any atom is 0.225 e. The van der Waals surface area contributed by atoms with Gasteiger partial charge in [-0.15, -0.1) is 0 Å². The van der Waals surface area contributed by atoms with E-state index in [9.17, 15) is 0 Å². The van der Waals surface area contributed by atoms with Gasteiger partial charge < -0.3 is 4.90 Å². The van der Waals surface area contributed by atoms with E-state index in [1.807, 2.05) is 19.9 Å². The molecule has 0 radical (unpaired) electrons. The Morgan fingerprint density at radius 1 is 1.00 bits per heavy atom. The molecule has 122 valence electrons. The zero-order valence-corrected chi connectivity index (χ0v) is 14.4. The molecule has 0 aliphatic carbocycles. The molecule has 1 aliphatic rings. The van der Waals surface area contributed by atoms with E-state index < -0.39 is 0 Å². The van der Waals surface area contributed by atoms with Crippen molar-refractivity contribution in [3.05, 3.63) is 53.3 Å². The molecule has 0 amide bonds. The van der Waals surface area contributed by atoms with E-state index in [0.29, 0.717) is 6.04 Å². The Labute approximate surface area is 139 Å². The van der Waals surface area contributed by atoms with Gasteiger partial charge in [-0.05, 0) is 38.8 Å². The van der Waals surface area contributed by atoms with Crippen LogP contribution in [0.2, 0.25) is 0 Å². The van der Waals surface area contributed by atoms with Crippen molar-refractivity contribution in [1.82, 2.24) is 14.9 Å². The van der Waals surface area contributed by atoms with Crippen molar-refractivity contribution in [1.29, 1.82) is 0 Å². The zero-order valence-electron chi connectivity index (χ0n) is 14.4. The summed E-state index contributed by atoms with van der Waals surface area (Å²) in [4.78, 5) is 14.2. The van der Waals surface area contributed by atoms with Gasteiger partial charge in [-0.1, -0.05) is 30.3 Å². The van der Waals surface area contributed by atoms with Crippen LogP contribution in [0.15, 0.2) is 36.4 Å². The molecule has 1 aromatic heterocycles. The van der Waals surface area contributed by atoms with E-state index in [1.54, 1.807) is 0 Å². The quantitative estimate of drug-likeness (QED) is 0.871. The fourth-order valence-corrected chi connectivity index (χ4v) is 3.21. The molecule has 1 aromatic carbocycles. The molecule has 1 saturated heterocycles. The van der Waals surface area contributed by atoms with E-state index in [-0.39, 0.29) is 0 Å². The molecule has 4 nitrogen and oxygen atoms in total. The van der Waals surface area contributed by atoms with E-state index in [4.69, 9.17) is 0 Å². The van der Waals surface area contributed by atoms with E-state index >= 15 is 0 Å². The van der Waals surface area contributed by atoms with Crippen LogP contribution in [0.4, 0.5) is 5.95 Å². The predicted molar refractivity (Wildman–Crippen MR) is 94.7 cm³/mol. The van der Waals surface area contributed by atoms with Crippen LogP contribution in [0, 0.1) is 13.8 Å². The van der Waals surface area contributed by atoms with Crippen molar-refractivity contribution >= 4 is 5.95 Å². The highest BCUT2D eigenvalue weighted by molar-refractivity contribution is 5.32. The first kappa shape index (κ1) is 15.9. The molecular weight excluding hydrogens is 284 g/mol. The smallest absolute Gasteiger partial charge is 0.225 e. The second-order valence-corrected chi connectivity index (χ2v) is 6.53. The Balaban J connectivity index is 1.70. The summed E-state index contributed by atoms with van der Waals surface area (Å²) in [5.41, 5.74) is 3.48. The lowest BCUT2D eigenvalue weighted by Gasteiger charge is -2.26. The second kappa shape index (κ2) is 7.09. The van der Waals surface area contributed by atoms with Gasteiger partial charge in [0.1, 0.15) is 0 Å². The third kappa shape index (κ3) is 4.08. The fraction of sp³-hybridized carbons (Fsp3) is 0.474. The first-order valence-corrected chi connectivity index (χ1v) is 8.47. The maximum atomic E-state index is 4.63. The van der Waals surface area contributed by atoms with Crippen LogP contribution in [0.1, 0.15) is 30.3 Å². The van der Waals surface area contributed by atoms with Crippen molar-refractivity contribution in [2.45, 2.75) is 39.8 Å². The summed E-state index contributed by atoms with van der Waals surface area (Å²) in [6.45, 7) is 10.5. The van der Waals surface area contributed by atoms with Crippen LogP contribution < -0.4 is 4.90 Å². The Morgan fingerprint density at radius 3 is 2.39 bits per heavy atom. The normalized spacial score (nSPS) is 19.6. The largest absolute Gasteiger partial charge is 0.339 e. The average Bonchev–Trinajstić information content (AvgIpc) is 2.70. The molecule has 1 unspecified atom stereocenters. The number of nitrogens with zero attached hydrogens (tertiary/aromatic N) is 4. The van der Waals surface area contributed by atoms with E-state index in [0.717, 1.165) is 49.9 Å². The summed E-state index contributed by atoms with van der Waals surface area (Å²) >= 11 is 0. The lowest BCUT2D eigenvalue weighted by Crippen LogP contribution is -2.34. The van der Waals surface area contributed by atoms with Crippen LogP contribution in [0.5, 0.6) is 0 Å².